The Hall–Kier alpha value is -2.64. The van der Waals surface area contributed by atoms with Crippen molar-refractivity contribution >= 4 is 35.2 Å². The molecule has 0 spiro atoms. The van der Waals surface area contributed by atoms with Crippen LogP contribution in [0, 0.1) is 0 Å². The zero-order valence-electron chi connectivity index (χ0n) is 12.3. The second-order valence-electron chi connectivity index (χ2n) is 4.91. The van der Waals surface area contributed by atoms with Gasteiger partial charge in [0.15, 0.2) is 5.11 Å². The average Bonchev–Trinajstić information content (AvgIpc) is 3.20. The van der Waals surface area contributed by atoms with Crippen LogP contribution in [-0.4, -0.2) is 23.9 Å². The minimum atomic E-state index is 0.116. The molecule has 4 N–H and O–H groups in total. The number of nitrogens with zero attached hydrogens (tertiary/aromatic N) is 1. The maximum Gasteiger partial charge on any atom is 0.184 e. The van der Waals surface area contributed by atoms with Crippen LogP contribution in [0.2, 0.25) is 0 Å². The molecule has 2 aromatic rings. The van der Waals surface area contributed by atoms with Crippen molar-refractivity contribution in [3.63, 3.8) is 0 Å². The largest absolute Gasteiger partial charge is 0.465 e. The number of thiocarbonyl (C=S) groups is 1. The van der Waals surface area contributed by atoms with Gasteiger partial charge in [-0.1, -0.05) is 0 Å². The normalized spacial score (nSPS) is 18.3. The maximum atomic E-state index is 5.49. The van der Waals surface area contributed by atoms with E-state index in [1.807, 2.05) is 36.4 Å². The fourth-order valence-corrected chi connectivity index (χ4v) is 2.33. The number of hydrogen-bond acceptors (Lipinski definition) is 5. The van der Waals surface area contributed by atoms with Crippen molar-refractivity contribution < 1.29 is 8.83 Å². The number of nitrogens with two attached hydrogens (primary N) is 1. The summed E-state index contributed by atoms with van der Waals surface area (Å²) < 4.78 is 10.8. The lowest BCUT2D eigenvalue weighted by atomic mass is 9.97. The zero-order valence-corrected chi connectivity index (χ0v) is 13.1. The summed E-state index contributed by atoms with van der Waals surface area (Å²) in [7, 11) is 0. The number of piperidine rings is 1. The van der Waals surface area contributed by atoms with Crippen LogP contribution >= 0.6 is 12.2 Å². The van der Waals surface area contributed by atoms with Crippen LogP contribution in [-0.2, 0) is 0 Å². The Balaban J connectivity index is 1.98. The molecular formula is C16H16N4O2S. The van der Waals surface area contributed by atoms with Gasteiger partial charge in [0.25, 0.3) is 0 Å². The molecular weight excluding hydrogens is 312 g/mol. The van der Waals surface area contributed by atoms with Crippen LogP contribution in [0.3, 0.4) is 0 Å². The monoisotopic (exact) mass is 328 g/mol. The molecule has 118 valence electrons. The molecule has 1 aliphatic heterocycles. The van der Waals surface area contributed by atoms with Crippen LogP contribution in [0.4, 0.5) is 0 Å². The van der Waals surface area contributed by atoms with E-state index < -0.39 is 0 Å². The van der Waals surface area contributed by atoms with E-state index in [1.165, 1.54) is 0 Å². The van der Waals surface area contributed by atoms with Crippen LogP contribution in [0.25, 0.3) is 12.2 Å². The lowest BCUT2D eigenvalue weighted by Gasteiger charge is -2.21. The van der Waals surface area contributed by atoms with Gasteiger partial charge in [0.2, 0.25) is 0 Å². The first-order chi connectivity index (χ1) is 11.2. The van der Waals surface area contributed by atoms with Crippen LogP contribution in [0.5, 0.6) is 0 Å². The number of rotatable bonds is 3. The van der Waals surface area contributed by atoms with Crippen molar-refractivity contribution in [1.29, 1.82) is 0 Å². The van der Waals surface area contributed by atoms with Crippen molar-refractivity contribution in [2.45, 2.75) is 0 Å². The first-order valence-corrected chi connectivity index (χ1v) is 7.46. The predicted octanol–water partition coefficient (Wildman–Crippen LogP) is 2.13. The molecule has 23 heavy (non-hydrogen) atoms. The molecule has 1 aliphatic rings. The Bertz CT molecular complexity index is 704. The lowest BCUT2D eigenvalue weighted by Crippen LogP contribution is -2.35. The smallest absolute Gasteiger partial charge is 0.184 e. The fraction of sp³-hybridized carbons (Fsp3) is 0.125. The highest BCUT2D eigenvalue weighted by atomic mass is 32.1. The van der Waals surface area contributed by atoms with Crippen molar-refractivity contribution in [2.24, 2.45) is 10.8 Å². The summed E-state index contributed by atoms with van der Waals surface area (Å²) in [4.78, 5) is 0. The molecule has 0 atom stereocenters. The molecule has 7 heteroatoms. The minimum Gasteiger partial charge on any atom is -0.465 e. The molecule has 6 nitrogen and oxygen atoms in total. The summed E-state index contributed by atoms with van der Waals surface area (Å²) in [6.07, 6.45) is 7.13. The minimum absolute atomic E-state index is 0.116. The quantitative estimate of drug-likeness (QED) is 0.591. The van der Waals surface area contributed by atoms with E-state index in [9.17, 15) is 0 Å². The fourth-order valence-electron chi connectivity index (χ4n) is 2.29. The highest BCUT2D eigenvalue weighted by Crippen LogP contribution is 2.19. The summed E-state index contributed by atoms with van der Waals surface area (Å²) in [6.45, 7) is 1.32. The Labute approximate surface area is 138 Å². The van der Waals surface area contributed by atoms with Crippen molar-refractivity contribution in [3.05, 3.63) is 59.5 Å². The molecule has 0 aromatic carbocycles. The van der Waals surface area contributed by atoms with Gasteiger partial charge in [-0.3, -0.25) is 5.43 Å². The Morgan fingerprint density at radius 3 is 2.13 bits per heavy atom. The van der Waals surface area contributed by atoms with Gasteiger partial charge in [0.05, 0.1) is 18.2 Å². The lowest BCUT2D eigenvalue weighted by molar-refractivity contribution is 0.556. The standard InChI is InChI=1S/C16H16N4O2S/c17-16(23)20-19-15-11(7-13-3-1-5-21-13)9-18-10-12(15)8-14-4-2-6-22-14/h1-8,18H,9-10H2,(H3,17,20,23)/b11-7+,12-8+. The maximum absolute atomic E-state index is 5.49. The molecule has 0 saturated carbocycles. The van der Waals surface area contributed by atoms with Gasteiger partial charge in [0, 0.05) is 13.1 Å². The molecule has 0 unspecified atom stereocenters. The van der Waals surface area contributed by atoms with E-state index in [2.05, 4.69) is 15.8 Å². The molecule has 3 rings (SSSR count). The molecule has 2 aromatic heterocycles. The average molecular weight is 328 g/mol. The summed E-state index contributed by atoms with van der Waals surface area (Å²) >= 11 is 4.84. The van der Waals surface area contributed by atoms with Crippen LogP contribution in [0.1, 0.15) is 11.5 Å². The van der Waals surface area contributed by atoms with Crippen molar-refractivity contribution in [2.75, 3.05) is 13.1 Å². The second kappa shape index (κ2) is 7.08. The summed E-state index contributed by atoms with van der Waals surface area (Å²) in [5, 5.41) is 7.80. The van der Waals surface area contributed by atoms with Crippen molar-refractivity contribution in [3.8, 4) is 0 Å². The van der Waals surface area contributed by atoms with Crippen LogP contribution in [0.15, 0.2) is 61.9 Å². The van der Waals surface area contributed by atoms with E-state index in [0.717, 1.165) is 28.4 Å². The predicted molar refractivity (Wildman–Crippen MR) is 93.6 cm³/mol. The third kappa shape index (κ3) is 3.97. The van der Waals surface area contributed by atoms with Gasteiger partial charge >= 0.3 is 0 Å². The van der Waals surface area contributed by atoms with Gasteiger partial charge in [-0.15, -0.1) is 0 Å². The molecule has 0 bridgehead atoms. The van der Waals surface area contributed by atoms with Gasteiger partial charge in [-0.2, -0.15) is 5.10 Å². The highest BCUT2D eigenvalue weighted by molar-refractivity contribution is 7.80. The summed E-state index contributed by atoms with van der Waals surface area (Å²) in [6, 6.07) is 7.45. The number of furan rings is 2. The molecule has 0 radical (unpaired) electrons. The van der Waals surface area contributed by atoms with E-state index >= 15 is 0 Å². The molecule has 1 saturated heterocycles. The van der Waals surface area contributed by atoms with Gasteiger partial charge in [-0.25, -0.2) is 0 Å². The van der Waals surface area contributed by atoms with Gasteiger partial charge < -0.3 is 19.9 Å². The van der Waals surface area contributed by atoms with E-state index in [1.54, 1.807) is 12.5 Å². The van der Waals surface area contributed by atoms with E-state index in [4.69, 9.17) is 26.8 Å². The van der Waals surface area contributed by atoms with Gasteiger partial charge in [-0.05, 0) is 59.8 Å². The Kier molecular flexibility index (Phi) is 4.70. The van der Waals surface area contributed by atoms with E-state index in [-0.39, 0.29) is 5.11 Å². The topological polar surface area (TPSA) is 88.7 Å². The van der Waals surface area contributed by atoms with E-state index in [0.29, 0.717) is 13.1 Å². The SMILES string of the molecule is NC(=S)NN=C1/C(=C/c2ccco2)CNC/C1=C\c1ccco1. The Morgan fingerprint density at radius 1 is 1.13 bits per heavy atom. The second-order valence-corrected chi connectivity index (χ2v) is 5.35. The zero-order chi connectivity index (χ0) is 16.1. The van der Waals surface area contributed by atoms with Gasteiger partial charge in [0.1, 0.15) is 11.5 Å². The first kappa shape index (κ1) is 15.3. The third-order valence-electron chi connectivity index (χ3n) is 3.24. The van der Waals surface area contributed by atoms with Crippen molar-refractivity contribution in [1.82, 2.24) is 10.7 Å². The molecule has 1 fully saturated rings. The first-order valence-electron chi connectivity index (χ1n) is 7.05. The number of hydrogen-bond donors (Lipinski definition) is 3. The Morgan fingerprint density at radius 2 is 1.70 bits per heavy atom. The van der Waals surface area contributed by atoms with Crippen LogP contribution < -0.4 is 16.5 Å². The third-order valence-corrected chi connectivity index (χ3v) is 3.33. The highest BCUT2D eigenvalue weighted by Gasteiger charge is 2.19. The number of nitrogens with one attached hydrogen (secondary N) is 2. The summed E-state index contributed by atoms with van der Waals surface area (Å²) in [5.41, 5.74) is 10.9. The molecule has 3 heterocycles. The molecule has 0 amide bonds. The summed E-state index contributed by atoms with van der Waals surface area (Å²) in [5.74, 6) is 1.51. The molecule has 0 aliphatic carbocycles. The number of hydrazone groups is 1.